The maximum Gasteiger partial charge on any atom is 0.172 e. The summed E-state index contributed by atoms with van der Waals surface area (Å²) in [7, 11) is -2.55. The van der Waals surface area contributed by atoms with Gasteiger partial charge in [0.25, 0.3) is 0 Å². The quantitative estimate of drug-likeness (QED) is 0.483. The van der Waals surface area contributed by atoms with Crippen molar-refractivity contribution in [3.05, 3.63) is 66.2 Å². The van der Waals surface area contributed by atoms with E-state index in [2.05, 4.69) is 25.1 Å². The van der Waals surface area contributed by atoms with Crippen molar-refractivity contribution in [2.75, 3.05) is 0 Å². The van der Waals surface area contributed by atoms with E-state index in [0.717, 1.165) is 21.5 Å². The highest BCUT2D eigenvalue weighted by Crippen LogP contribution is 2.53. The van der Waals surface area contributed by atoms with Crippen LogP contribution in [0.3, 0.4) is 0 Å². The van der Waals surface area contributed by atoms with E-state index in [1.165, 1.54) is 10.8 Å². The molecule has 1 nitrogen and oxygen atoms in total. The highest BCUT2D eigenvalue weighted by molar-refractivity contribution is 7.88. The summed E-state index contributed by atoms with van der Waals surface area (Å²) in [5.41, 5.74) is 1.14. The Bertz CT molecular complexity index is 850. The van der Waals surface area contributed by atoms with Crippen molar-refractivity contribution in [3.8, 4) is 0 Å². The van der Waals surface area contributed by atoms with Crippen molar-refractivity contribution < 1.29 is 4.57 Å². The number of hydrogen-bond acceptors (Lipinski definition) is 1. The Hall–Kier alpha value is -1.85. The van der Waals surface area contributed by atoms with Gasteiger partial charge < -0.3 is 4.57 Å². The molecule has 1 unspecified atom stereocenters. The molecule has 3 aromatic rings. The third kappa shape index (κ3) is 1.24. The van der Waals surface area contributed by atoms with Crippen LogP contribution in [0.25, 0.3) is 10.8 Å². The Kier molecular flexibility index (Phi) is 2.08. The lowest BCUT2D eigenvalue weighted by Gasteiger charge is -2.33. The number of rotatable bonds is 1. The van der Waals surface area contributed by atoms with Crippen molar-refractivity contribution in [3.63, 3.8) is 0 Å². The van der Waals surface area contributed by atoms with Crippen LogP contribution >= 0.6 is 7.14 Å². The molecule has 0 radical (unpaired) electrons. The maximum absolute atomic E-state index is 13.6. The van der Waals surface area contributed by atoms with Gasteiger partial charge in [0.1, 0.15) is 0 Å². The van der Waals surface area contributed by atoms with Gasteiger partial charge in [0.2, 0.25) is 0 Å². The van der Waals surface area contributed by atoms with Crippen LogP contribution in [0.5, 0.6) is 0 Å². The van der Waals surface area contributed by atoms with Crippen LogP contribution in [0.1, 0.15) is 5.56 Å². The van der Waals surface area contributed by atoms with Crippen molar-refractivity contribution in [1.29, 1.82) is 0 Å². The second kappa shape index (κ2) is 3.59. The first-order valence-corrected chi connectivity index (χ1v) is 8.13. The van der Waals surface area contributed by atoms with E-state index >= 15 is 0 Å². The maximum atomic E-state index is 13.6. The van der Waals surface area contributed by atoms with Crippen molar-refractivity contribution in [2.45, 2.75) is 6.92 Å². The zero-order valence-electron chi connectivity index (χ0n) is 10.6. The van der Waals surface area contributed by atoms with Crippen molar-refractivity contribution in [1.82, 2.24) is 0 Å². The third-order valence-corrected chi connectivity index (χ3v) is 7.25. The highest BCUT2D eigenvalue weighted by Gasteiger charge is 2.42. The predicted octanol–water partition coefficient (Wildman–Crippen LogP) is 3.10. The van der Waals surface area contributed by atoms with Gasteiger partial charge in [-0.3, -0.25) is 0 Å². The average Bonchev–Trinajstić information content (AvgIpc) is 2.46. The first-order valence-electron chi connectivity index (χ1n) is 6.42. The lowest BCUT2D eigenvalue weighted by Crippen LogP contribution is -2.37. The molecule has 0 N–H and O–H groups in total. The summed E-state index contributed by atoms with van der Waals surface area (Å²) in [6, 6.07) is 20.2. The molecule has 3 aromatic carbocycles. The fraction of sp³-hybridized carbons (Fsp3) is 0.0588. The highest BCUT2D eigenvalue weighted by atomic mass is 31.2. The van der Waals surface area contributed by atoms with Gasteiger partial charge in [0, 0.05) is 21.3 Å². The van der Waals surface area contributed by atoms with Crippen LogP contribution in [0, 0.1) is 6.92 Å². The summed E-state index contributed by atoms with van der Waals surface area (Å²) in [6.07, 6.45) is 0. The predicted molar refractivity (Wildman–Crippen MR) is 81.6 cm³/mol. The van der Waals surface area contributed by atoms with E-state index in [1.54, 1.807) is 0 Å². The zero-order valence-corrected chi connectivity index (χ0v) is 11.5. The molecule has 2 heteroatoms. The summed E-state index contributed by atoms with van der Waals surface area (Å²) >= 11 is 0. The first kappa shape index (κ1) is 11.0. The van der Waals surface area contributed by atoms with Gasteiger partial charge in [-0.25, -0.2) is 0 Å². The molecule has 0 spiro atoms. The molecular weight excluding hydrogens is 251 g/mol. The minimum atomic E-state index is -2.55. The Morgan fingerprint density at radius 3 is 2.42 bits per heavy atom. The second-order valence-corrected chi connectivity index (χ2v) is 7.72. The molecule has 1 atom stereocenters. The number of benzene rings is 3. The molecule has 1 aliphatic heterocycles. The molecule has 0 fully saturated rings. The average molecular weight is 264 g/mol. The zero-order chi connectivity index (χ0) is 13.0. The van der Waals surface area contributed by atoms with Crippen LogP contribution in [-0.2, 0) is 4.57 Å². The lowest BCUT2D eigenvalue weighted by molar-refractivity contribution is 0.592. The lowest BCUT2D eigenvalue weighted by atomic mass is 10.1. The van der Waals surface area contributed by atoms with Crippen LogP contribution in [0.4, 0.5) is 0 Å². The smallest absolute Gasteiger partial charge is 0.172 e. The molecule has 0 saturated carbocycles. The van der Waals surface area contributed by atoms with Crippen LogP contribution in [-0.4, -0.2) is 0 Å². The van der Waals surface area contributed by atoms with Gasteiger partial charge in [0.05, 0.1) is 0 Å². The van der Waals surface area contributed by atoms with Gasteiger partial charge in [-0.1, -0.05) is 60.7 Å². The normalized spacial score (nSPS) is 20.3. The fourth-order valence-electron chi connectivity index (χ4n) is 3.09. The summed E-state index contributed by atoms with van der Waals surface area (Å²) in [5, 5.41) is 5.43. The van der Waals surface area contributed by atoms with Crippen molar-refractivity contribution in [2.24, 2.45) is 0 Å². The molecule has 0 aromatic heterocycles. The van der Waals surface area contributed by atoms with Gasteiger partial charge in [-0.15, -0.1) is 0 Å². The summed E-state index contributed by atoms with van der Waals surface area (Å²) < 4.78 is 13.6. The Balaban J connectivity index is 2.13. The standard InChI is InChI=1S/C17H13OP/c1-12-10-11-13-6-5-9-15-16(13)17(12)19(15,18)14-7-3-2-4-8-14/h2-11H,1H3. The van der Waals surface area contributed by atoms with Gasteiger partial charge in [-0.05, 0) is 17.9 Å². The van der Waals surface area contributed by atoms with Crippen LogP contribution < -0.4 is 15.9 Å². The molecule has 0 bridgehead atoms. The minimum absolute atomic E-state index is 0.948. The molecule has 4 rings (SSSR count). The minimum Gasteiger partial charge on any atom is -0.309 e. The SMILES string of the molecule is Cc1ccc2cccc3c2c1P3(=O)c1ccccc1. The largest absolute Gasteiger partial charge is 0.309 e. The van der Waals surface area contributed by atoms with E-state index in [9.17, 15) is 4.57 Å². The molecule has 1 heterocycles. The van der Waals surface area contributed by atoms with E-state index in [0.29, 0.717) is 0 Å². The van der Waals surface area contributed by atoms with E-state index in [4.69, 9.17) is 0 Å². The molecule has 0 saturated heterocycles. The van der Waals surface area contributed by atoms with Gasteiger partial charge in [0.15, 0.2) is 7.14 Å². The molecule has 0 aliphatic carbocycles. The second-order valence-electron chi connectivity index (χ2n) is 5.05. The third-order valence-electron chi connectivity index (χ3n) is 3.97. The summed E-state index contributed by atoms with van der Waals surface area (Å²) in [5.74, 6) is 0. The summed E-state index contributed by atoms with van der Waals surface area (Å²) in [6.45, 7) is 2.06. The molecule has 92 valence electrons. The Labute approximate surface area is 112 Å². The molecule has 19 heavy (non-hydrogen) atoms. The number of hydrogen-bond donors (Lipinski definition) is 0. The van der Waals surface area contributed by atoms with Crippen LogP contribution in [0.2, 0.25) is 0 Å². The van der Waals surface area contributed by atoms with Gasteiger partial charge >= 0.3 is 0 Å². The Morgan fingerprint density at radius 1 is 0.842 bits per heavy atom. The van der Waals surface area contributed by atoms with Crippen LogP contribution in [0.15, 0.2) is 60.7 Å². The Morgan fingerprint density at radius 2 is 1.63 bits per heavy atom. The first-order chi connectivity index (χ1) is 9.23. The fourth-order valence-corrected chi connectivity index (χ4v) is 6.28. The van der Waals surface area contributed by atoms with E-state index in [1.807, 2.05) is 42.5 Å². The van der Waals surface area contributed by atoms with Crippen molar-refractivity contribution >= 4 is 33.8 Å². The molecular formula is C17H13OP. The van der Waals surface area contributed by atoms with E-state index in [-0.39, 0.29) is 0 Å². The molecule has 0 amide bonds. The number of aryl methyl sites for hydroxylation is 1. The van der Waals surface area contributed by atoms with Gasteiger partial charge in [-0.2, -0.15) is 0 Å². The molecule has 1 aliphatic rings. The summed E-state index contributed by atoms with van der Waals surface area (Å²) in [4.78, 5) is 0. The topological polar surface area (TPSA) is 17.1 Å². The monoisotopic (exact) mass is 264 g/mol. The van der Waals surface area contributed by atoms with E-state index < -0.39 is 7.14 Å².